The molecule has 2 nitrogen and oxygen atoms in total. The number of anilines is 1. The van der Waals surface area contributed by atoms with Gasteiger partial charge in [-0.2, -0.15) is 0 Å². The van der Waals surface area contributed by atoms with E-state index in [-0.39, 0.29) is 5.88 Å². The number of alkyl halides is 1. The molecule has 2 rings (SSSR count). The van der Waals surface area contributed by atoms with Crippen LogP contribution in [0.15, 0.2) is 48.5 Å². The van der Waals surface area contributed by atoms with Gasteiger partial charge in [-0.3, -0.25) is 0 Å². The highest BCUT2D eigenvalue weighted by molar-refractivity contribution is 6.30. The fraction of sp³-hybridized carbons (Fsp3) is 0.200. The standard InChI is InChI=1S/C15H15Cl2NO/c16-9-15(19)10-18-14-6-4-11(5-7-14)12-2-1-3-13(17)8-12/h1-8,15,18-19H,9-10H2. The number of aliphatic hydroxyl groups excluding tert-OH is 1. The summed E-state index contributed by atoms with van der Waals surface area (Å²) in [4.78, 5) is 0. The minimum absolute atomic E-state index is 0.230. The minimum atomic E-state index is -0.533. The van der Waals surface area contributed by atoms with E-state index in [0.717, 1.165) is 21.8 Å². The van der Waals surface area contributed by atoms with Crippen LogP contribution < -0.4 is 5.32 Å². The molecule has 0 saturated heterocycles. The molecule has 4 heteroatoms. The maximum Gasteiger partial charge on any atom is 0.0847 e. The smallest absolute Gasteiger partial charge is 0.0847 e. The first-order chi connectivity index (χ1) is 9.19. The van der Waals surface area contributed by atoms with E-state index in [2.05, 4.69) is 5.32 Å². The van der Waals surface area contributed by atoms with Crippen molar-refractivity contribution in [2.75, 3.05) is 17.7 Å². The number of nitrogens with one attached hydrogen (secondary N) is 1. The van der Waals surface area contributed by atoms with Crippen LogP contribution in [0.1, 0.15) is 0 Å². The molecule has 2 aromatic carbocycles. The van der Waals surface area contributed by atoms with Crippen LogP contribution in [-0.4, -0.2) is 23.6 Å². The molecular weight excluding hydrogens is 281 g/mol. The summed E-state index contributed by atoms with van der Waals surface area (Å²) in [6.45, 7) is 0.444. The molecular formula is C15H15Cl2NO. The molecule has 0 heterocycles. The molecule has 0 aromatic heterocycles. The van der Waals surface area contributed by atoms with Crippen LogP contribution in [0.3, 0.4) is 0 Å². The lowest BCUT2D eigenvalue weighted by Gasteiger charge is -2.10. The average Bonchev–Trinajstić information content (AvgIpc) is 2.45. The normalized spacial score (nSPS) is 12.2. The summed E-state index contributed by atoms with van der Waals surface area (Å²) in [6.07, 6.45) is -0.533. The molecule has 2 N–H and O–H groups in total. The van der Waals surface area contributed by atoms with E-state index in [1.165, 1.54) is 0 Å². The molecule has 0 fully saturated rings. The Kier molecular flexibility index (Phi) is 5.08. The van der Waals surface area contributed by atoms with Crippen molar-refractivity contribution in [3.63, 3.8) is 0 Å². The van der Waals surface area contributed by atoms with Crippen molar-refractivity contribution in [3.8, 4) is 11.1 Å². The Labute approximate surface area is 123 Å². The molecule has 0 saturated carbocycles. The summed E-state index contributed by atoms with van der Waals surface area (Å²) in [5, 5.41) is 13.2. The third-order valence-electron chi connectivity index (χ3n) is 2.76. The van der Waals surface area contributed by atoms with Gasteiger partial charge in [0.05, 0.1) is 12.0 Å². The SMILES string of the molecule is OC(CCl)CNc1ccc(-c2cccc(Cl)c2)cc1. The summed E-state index contributed by atoms with van der Waals surface area (Å²) < 4.78 is 0. The summed E-state index contributed by atoms with van der Waals surface area (Å²) in [6, 6.07) is 15.7. The Morgan fingerprint density at radius 3 is 2.42 bits per heavy atom. The molecule has 1 atom stereocenters. The largest absolute Gasteiger partial charge is 0.390 e. The van der Waals surface area contributed by atoms with Crippen LogP contribution in [-0.2, 0) is 0 Å². The van der Waals surface area contributed by atoms with Gasteiger partial charge in [0.2, 0.25) is 0 Å². The highest BCUT2D eigenvalue weighted by atomic mass is 35.5. The first-order valence-electron chi connectivity index (χ1n) is 6.03. The van der Waals surface area contributed by atoms with Gasteiger partial charge in [-0.25, -0.2) is 0 Å². The van der Waals surface area contributed by atoms with E-state index in [0.29, 0.717) is 6.54 Å². The van der Waals surface area contributed by atoms with E-state index < -0.39 is 6.10 Å². The van der Waals surface area contributed by atoms with Gasteiger partial charge in [0.1, 0.15) is 0 Å². The lowest BCUT2D eigenvalue weighted by Crippen LogP contribution is -2.20. The van der Waals surface area contributed by atoms with E-state index in [1.54, 1.807) is 0 Å². The predicted octanol–water partition coefficient (Wildman–Crippen LogP) is 4.02. The van der Waals surface area contributed by atoms with Crippen molar-refractivity contribution in [1.29, 1.82) is 0 Å². The lowest BCUT2D eigenvalue weighted by molar-refractivity contribution is 0.211. The van der Waals surface area contributed by atoms with Crippen molar-refractivity contribution in [1.82, 2.24) is 0 Å². The van der Waals surface area contributed by atoms with Crippen LogP contribution in [0.2, 0.25) is 5.02 Å². The predicted molar refractivity (Wildman–Crippen MR) is 82.1 cm³/mol. The highest BCUT2D eigenvalue weighted by Gasteiger charge is 2.02. The molecule has 0 aliphatic rings. The second-order valence-corrected chi connectivity index (χ2v) is 5.02. The molecule has 19 heavy (non-hydrogen) atoms. The summed E-state index contributed by atoms with van der Waals surface area (Å²) >= 11 is 11.5. The first-order valence-corrected chi connectivity index (χ1v) is 6.94. The van der Waals surface area contributed by atoms with E-state index in [4.69, 9.17) is 23.2 Å². The van der Waals surface area contributed by atoms with Crippen LogP contribution >= 0.6 is 23.2 Å². The average molecular weight is 296 g/mol. The van der Waals surface area contributed by atoms with E-state index in [9.17, 15) is 5.11 Å². The zero-order chi connectivity index (χ0) is 13.7. The van der Waals surface area contributed by atoms with Gasteiger partial charge < -0.3 is 10.4 Å². The number of rotatable bonds is 5. The molecule has 0 aliphatic carbocycles. The maximum atomic E-state index is 9.37. The summed E-state index contributed by atoms with van der Waals surface area (Å²) in [5.74, 6) is 0.230. The monoisotopic (exact) mass is 295 g/mol. The molecule has 2 aromatic rings. The third-order valence-corrected chi connectivity index (χ3v) is 3.35. The summed E-state index contributed by atoms with van der Waals surface area (Å²) in [5.41, 5.74) is 3.14. The topological polar surface area (TPSA) is 32.3 Å². The van der Waals surface area contributed by atoms with Crippen molar-refractivity contribution in [3.05, 3.63) is 53.6 Å². The number of hydrogen-bond donors (Lipinski definition) is 2. The highest BCUT2D eigenvalue weighted by Crippen LogP contribution is 2.24. The van der Waals surface area contributed by atoms with Crippen LogP contribution in [0, 0.1) is 0 Å². The quantitative estimate of drug-likeness (QED) is 0.817. The van der Waals surface area contributed by atoms with Gasteiger partial charge in [-0.05, 0) is 35.4 Å². The van der Waals surface area contributed by atoms with Gasteiger partial charge in [0.25, 0.3) is 0 Å². The lowest BCUT2D eigenvalue weighted by atomic mass is 10.1. The Morgan fingerprint density at radius 2 is 1.79 bits per heavy atom. The molecule has 0 aliphatic heterocycles. The van der Waals surface area contributed by atoms with Crippen LogP contribution in [0.25, 0.3) is 11.1 Å². The number of halogens is 2. The van der Waals surface area contributed by atoms with Crippen LogP contribution in [0.4, 0.5) is 5.69 Å². The maximum absolute atomic E-state index is 9.37. The molecule has 1 unspecified atom stereocenters. The molecule has 0 radical (unpaired) electrons. The van der Waals surface area contributed by atoms with E-state index in [1.807, 2.05) is 48.5 Å². The van der Waals surface area contributed by atoms with Gasteiger partial charge >= 0.3 is 0 Å². The van der Waals surface area contributed by atoms with Crippen molar-refractivity contribution < 1.29 is 5.11 Å². The second-order valence-electron chi connectivity index (χ2n) is 4.28. The fourth-order valence-electron chi connectivity index (χ4n) is 1.74. The third kappa shape index (κ3) is 4.13. The molecule has 0 spiro atoms. The fourth-order valence-corrected chi connectivity index (χ4v) is 2.04. The molecule has 0 amide bonds. The van der Waals surface area contributed by atoms with Crippen molar-refractivity contribution in [2.24, 2.45) is 0 Å². The number of aliphatic hydroxyl groups is 1. The zero-order valence-electron chi connectivity index (χ0n) is 10.3. The second kappa shape index (κ2) is 6.80. The van der Waals surface area contributed by atoms with E-state index >= 15 is 0 Å². The zero-order valence-corrected chi connectivity index (χ0v) is 11.8. The number of benzene rings is 2. The Morgan fingerprint density at radius 1 is 1.05 bits per heavy atom. The number of hydrogen-bond acceptors (Lipinski definition) is 2. The van der Waals surface area contributed by atoms with Gasteiger partial charge in [-0.15, -0.1) is 11.6 Å². The molecule has 100 valence electrons. The molecule has 0 bridgehead atoms. The Hall–Kier alpha value is -1.22. The van der Waals surface area contributed by atoms with Gasteiger partial charge in [0.15, 0.2) is 0 Å². The Balaban J connectivity index is 2.06. The minimum Gasteiger partial charge on any atom is -0.390 e. The summed E-state index contributed by atoms with van der Waals surface area (Å²) in [7, 11) is 0. The van der Waals surface area contributed by atoms with Gasteiger partial charge in [0, 0.05) is 17.3 Å². The van der Waals surface area contributed by atoms with Crippen molar-refractivity contribution >= 4 is 28.9 Å². The van der Waals surface area contributed by atoms with Gasteiger partial charge in [-0.1, -0.05) is 35.9 Å². The van der Waals surface area contributed by atoms with Crippen molar-refractivity contribution in [2.45, 2.75) is 6.10 Å². The first kappa shape index (κ1) is 14.2. The van der Waals surface area contributed by atoms with Crippen LogP contribution in [0.5, 0.6) is 0 Å². The Bertz CT molecular complexity index is 528.